The average Bonchev–Trinajstić information content (AvgIpc) is 2.55. The number of rotatable bonds is 2. The van der Waals surface area contributed by atoms with Crippen LogP contribution in [-0.4, -0.2) is 47.9 Å². The second-order valence-corrected chi connectivity index (χ2v) is 6.62. The lowest BCUT2D eigenvalue weighted by atomic mass is 9.86. The predicted octanol–water partition coefficient (Wildman–Crippen LogP) is 3.02. The molecule has 1 saturated heterocycles. The third-order valence-corrected chi connectivity index (χ3v) is 5.05. The van der Waals surface area contributed by atoms with Crippen LogP contribution in [0.15, 0.2) is 30.3 Å². The van der Waals surface area contributed by atoms with Crippen LogP contribution in [0.5, 0.6) is 0 Å². The van der Waals surface area contributed by atoms with E-state index in [-0.39, 0.29) is 5.91 Å². The summed E-state index contributed by atoms with van der Waals surface area (Å²) >= 11 is 0. The van der Waals surface area contributed by atoms with Gasteiger partial charge in [-0.1, -0.05) is 38.0 Å². The minimum absolute atomic E-state index is 0.187. The van der Waals surface area contributed by atoms with Gasteiger partial charge in [0.2, 0.25) is 0 Å². The lowest BCUT2D eigenvalue weighted by Crippen LogP contribution is -2.52. The van der Waals surface area contributed by atoms with Crippen molar-refractivity contribution in [3.63, 3.8) is 0 Å². The highest BCUT2D eigenvalue weighted by Gasteiger charge is 2.29. The molecule has 3 nitrogen and oxygen atoms in total. The van der Waals surface area contributed by atoms with Crippen molar-refractivity contribution in [3.8, 4) is 0 Å². The summed E-state index contributed by atoms with van der Waals surface area (Å²) in [6.45, 7) is 6.20. The molecule has 3 heteroatoms. The van der Waals surface area contributed by atoms with Gasteiger partial charge in [0.15, 0.2) is 0 Å². The van der Waals surface area contributed by atoms with Crippen LogP contribution in [-0.2, 0) is 0 Å². The lowest BCUT2D eigenvalue weighted by molar-refractivity contribution is 0.0489. The van der Waals surface area contributed by atoms with Crippen LogP contribution in [0.3, 0.4) is 0 Å². The minimum atomic E-state index is 0.187. The number of amides is 1. The molecule has 1 amide bonds. The Morgan fingerprint density at radius 3 is 2.43 bits per heavy atom. The normalized spacial score (nSPS) is 27.6. The van der Waals surface area contributed by atoms with Gasteiger partial charge in [-0.15, -0.1) is 0 Å². The van der Waals surface area contributed by atoms with Gasteiger partial charge in [0.25, 0.3) is 5.91 Å². The lowest BCUT2D eigenvalue weighted by Gasteiger charge is -2.42. The standard InChI is InChI=1S/C18H26N2O/c1-15-6-5-9-17(14-15)19-10-12-20(13-11-19)18(21)16-7-3-2-4-8-16/h2-4,7-8,15,17H,5-6,9-14H2,1H3/t15-,17+/m1/s1. The van der Waals surface area contributed by atoms with Crippen LogP contribution in [0.4, 0.5) is 0 Å². The molecule has 1 saturated carbocycles. The maximum Gasteiger partial charge on any atom is 0.253 e. The van der Waals surface area contributed by atoms with Gasteiger partial charge in [-0.25, -0.2) is 0 Å². The van der Waals surface area contributed by atoms with Crippen molar-refractivity contribution in [1.82, 2.24) is 9.80 Å². The fourth-order valence-corrected chi connectivity index (χ4v) is 3.79. The van der Waals surface area contributed by atoms with Gasteiger partial charge in [-0.05, 0) is 30.9 Å². The van der Waals surface area contributed by atoms with Crippen LogP contribution in [0.25, 0.3) is 0 Å². The fourth-order valence-electron chi connectivity index (χ4n) is 3.79. The number of nitrogens with zero attached hydrogens (tertiary/aromatic N) is 2. The van der Waals surface area contributed by atoms with Crippen molar-refractivity contribution in [2.75, 3.05) is 26.2 Å². The molecule has 1 aliphatic heterocycles. The third-order valence-electron chi connectivity index (χ3n) is 5.05. The fraction of sp³-hybridized carbons (Fsp3) is 0.611. The summed E-state index contributed by atoms with van der Waals surface area (Å²) in [5, 5.41) is 0. The molecule has 1 heterocycles. The zero-order valence-electron chi connectivity index (χ0n) is 13.0. The van der Waals surface area contributed by atoms with E-state index < -0.39 is 0 Å². The molecule has 1 aromatic carbocycles. The van der Waals surface area contributed by atoms with Crippen LogP contribution < -0.4 is 0 Å². The van der Waals surface area contributed by atoms with E-state index in [0.29, 0.717) is 0 Å². The molecule has 2 atom stereocenters. The Morgan fingerprint density at radius 2 is 1.76 bits per heavy atom. The van der Waals surface area contributed by atoms with Crippen molar-refractivity contribution in [2.45, 2.75) is 38.6 Å². The quantitative estimate of drug-likeness (QED) is 0.834. The molecule has 21 heavy (non-hydrogen) atoms. The predicted molar refractivity (Wildman–Crippen MR) is 85.3 cm³/mol. The van der Waals surface area contributed by atoms with Gasteiger partial charge in [-0.2, -0.15) is 0 Å². The summed E-state index contributed by atoms with van der Waals surface area (Å²) in [6.07, 6.45) is 5.45. The van der Waals surface area contributed by atoms with Crippen molar-refractivity contribution in [3.05, 3.63) is 35.9 Å². The smallest absolute Gasteiger partial charge is 0.253 e. The van der Waals surface area contributed by atoms with Crippen LogP contribution in [0.1, 0.15) is 43.0 Å². The Balaban J connectivity index is 1.54. The molecule has 0 unspecified atom stereocenters. The Bertz CT molecular complexity index is 465. The molecule has 0 bridgehead atoms. The van der Waals surface area contributed by atoms with Crippen molar-refractivity contribution in [2.24, 2.45) is 5.92 Å². The first-order chi connectivity index (χ1) is 10.2. The van der Waals surface area contributed by atoms with Crippen LogP contribution >= 0.6 is 0 Å². The zero-order chi connectivity index (χ0) is 14.7. The van der Waals surface area contributed by atoms with Gasteiger partial charge in [0.05, 0.1) is 0 Å². The Kier molecular flexibility index (Phi) is 4.59. The number of piperazine rings is 1. The average molecular weight is 286 g/mol. The third kappa shape index (κ3) is 3.46. The summed E-state index contributed by atoms with van der Waals surface area (Å²) in [5.74, 6) is 1.06. The molecular formula is C18H26N2O. The first-order valence-corrected chi connectivity index (χ1v) is 8.32. The van der Waals surface area contributed by atoms with Gasteiger partial charge in [0, 0.05) is 37.8 Å². The molecule has 1 aromatic rings. The first-order valence-electron chi connectivity index (χ1n) is 8.32. The van der Waals surface area contributed by atoms with E-state index in [0.717, 1.165) is 43.7 Å². The van der Waals surface area contributed by atoms with Crippen molar-refractivity contribution < 1.29 is 4.79 Å². The SMILES string of the molecule is C[C@@H]1CCC[C@H](N2CCN(C(=O)c3ccccc3)CC2)C1. The second-order valence-electron chi connectivity index (χ2n) is 6.62. The zero-order valence-corrected chi connectivity index (χ0v) is 13.0. The molecule has 0 spiro atoms. The molecule has 3 rings (SSSR count). The van der Waals surface area contributed by atoms with E-state index in [2.05, 4.69) is 11.8 Å². The van der Waals surface area contributed by atoms with E-state index in [4.69, 9.17) is 0 Å². The van der Waals surface area contributed by atoms with Gasteiger partial charge in [0.1, 0.15) is 0 Å². The molecule has 2 aliphatic rings. The summed E-state index contributed by atoms with van der Waals surface area (Å²) in [5.41, 5.74) is 0.817. The van der Waals surface area contributed by atoms with E-state index >= 15 is 0 Å². The largest absolute Gasteiger partial charge is 0.336 e. The highest BCUT2D eigenvalue weighted by Crippen LogP contribution is 2.28. The van der Waals surface area contributed by atoms with Crippen molar-refractivity contribution in [1.29, 1.82) is 0 Å². The number of hydrogen-bond donors (Lipinski definition) is 0. The van der Waals surface area contributed by atoms with E-state index in [9.17, 15) is 4.79 Å². The van der Waals surface area contributed by atoms with Gasteiger partial charge >= 0.3 is 0 Å². The molecular weight excluding hydrogens is 260 g/mol. The van der Waals surface area contributed by atoms with E-state index in [1.165, 1.54) is 25.7 Å². The maximum atomic E-state index is 12.4. The maximum absolute atomic E-state index is 12.4. The van der Waals surface area contributed by atoms with E-state index in [1.54, 1.807) is 0 Å². The monoisotopic (exact) mass is 286 g/mol. The van der Waals surface area contributed by atoms with Gasteiger partial charge < -0.3 is 4.90 Å². The minimum Gasteiger partial charge on any atom is -0.336 e. The van der Waals surface area contributed by atoms with Gasteiger partial charge in [-0.3, -0.25) is 9.69 Å². The summed E-state index contributed by atoms with van der Waals surface area (Å²) in [6, 6.07) is 10.4. The molecule has 0 N–H and O–H groups in total. The second kappa shape index (κ2) is 6.61. The van der Waals surface area contributed by atoms with Crippen molar-refractivity contribution >= 4 is 5.91 Å². The van der Waals surface area contributed by atoms with Crippen LogP contribution in [0.2, 0.25) is 0 Å². The summed E-state index contributed by atoms with van der Waals surface area (Å²) < 4.78 is 0. The molecule has 1 aliphatic carbocycles. The highest BCUT2D eigenvalue weighted by atomic mass is 16.2. The van der Waals surface area contributed by atoms with Crippen LogP contribution in [0, 0.1) is 5.92 Å². The first kappa shape index (κ1) is 14.6. The Labute approximate surface area is 127 Å². The number of carbonyl (C=O) groups is 1. The highest BCUT2D eigenvalue weighted by molar-refractivity contribution is 5.94. The number of hydrogen-bond acceptors (Lipinski definition) is 2. The summed E-state index contributed by atoms with van der Waals surface area (Å²) in [7, 11) is 0. The molecule has 2 fully saturated rings. The molecule has 0 aromatic heterocycles. The Morgan fingerprint density at radius 1 is 1.05 bits per heavy atom. The Hall–Kier alpha value is -1.35. The van der Waals surface area contributed by atoms with E-state index in [1.807, 2.05) is 35.2 Å². The summed E-state index contributed by atoms with van der Waals surface area (Å²) in [4.78, 5) is 17.1. The number of carbonyl (C=O) groups excluding carboxylic acids is 1. The molecule has 0 radical (unpaired) electrons. The number of benzene rings is 1. The molecule has 114 valence electrons. The topological polar surface area (TPSA) is 23.6 Å².